The summed E-state index contributed by atoms with van der Waals surface area (Å²) in [5, 5.41) is 9.94. The maximum atomic E-state index is 12.8. The van der Waals surface area contributed by atoms with Gasteiger partial charge in [-0.25, -0.2) is 0 Å². The summed E-state index contributed by atoms with van der Waals surface area (Å²) >= 11 is 0. The Hall–Kier alpha value is -2.14. The third-order valence-corrected chi connectivity index (χ3v) is 7.50. The van der Waals surface area contributed by atoms with Crippen LogP contribution < -0.4 is 4.74 Å². The average Bonchev–Trinajstić information content (AvgIpc) is 2.73. The highest BCUT2D eigenvalue weighted by molar-refractivity contribution is 5.80. The predicted octanol–water partition coefficient (Wildman–Crippen LogP) is 5.38. The molecule has 0 unspecified atom stereocenters. The number of fused-ring (bicyclic) bond motifs is 1. The smallest absolute Gasteiger partial charge is 0.307 e. The van der Waals surface area contributed by atoms with Crippen LogP contribution in [-0.2, 0) is 20.9 Å². The molecule has 0 aromatic heterocycles. The lowest BCUT2D eigenvalue weighted by atomic mass is 9.56. The fourth-order valence-electron chi connectivity index (χ4n) is 5.95. The summed E-state index contributed by atoms with van der Waals surface area (Å²) in [5.41, 5.74) is 2.35. The molecule has 2 aliphatic rings. The SMILES string of the molecule is COc1ccc(COC[C@@H](C)[C@@H]2CC(=O)C[C@H]3[C@@H]2C=C(C)C[C@H]3[C@H](C(=O)O)C(C)C)cc1. The van der Waals surface area contributed by atoms with Gasteiger partial charge in [0.2, 0.25) is 0 Å². The monoisotopic (exact) mass is 442 g/mol. The number of ketones is 1. The van der Waals surface area contributed by atoms with Gasteiger partial charge >= 0.3 is 5.97 Å². The van der Waals surface area contributed by atoms with Crippen LogP contribution in [-0.4, -0.2) is 30.6 Å². The van der Waals surface area contributed by atoms with Gasteiger partial charge in [-0.15, -0.1) is 0 Å². The van der Waals surface area contributed by atoms with Crippen molar-refractivity contribution in [2.24, 2.45) is 41.4 Å². The van der Waals surface area contributed by atoms with Gasteiger partial charge in [-0.1, -0.05) is 44.6 Å². The molecule has 3 rings (SSSR count). The minimum atomic E-state index is -0.733. The quantitative estimate of drug-likeness (QED) is 0.520. The molecule has 5 heteroatoms. The molecule has 176 valence electrons. The Balaban J connectivity index is 1.71. The number of carboxylic acids is 1. The van der Waals surface area contributed by atoms with E-state index in [2.05, 4.69) is 19.9 Å². The first kappa shape index (κ1) is 24.5. The van der Waals surface area contributed by atoms with Crippen molar-refractivity contribution in [3.8, 4) is 5.75 Å². The predicted molar refractivity (Wildman–Crippen MR) is 124 cm³/mol. The Morgan fingerprint density at radius 1 is 1.09 bits per heavy atom. The summed E-state index contributed by atoms with van der Waals surface area (Å²) in [7, 11) is 1.65. The third kappa shape index (κ3) is 5.61. The van der Waals surface area contributed by atoms with E-state index >= 15 is 0 Å². The van der Waals surface area contributed by atoms with Gasteiger partial charge in [0.05, 0.1) is 19.6 Å². The third-order valence-electron chi connectivity index (χ3n) is 7.50. The summed E-state index contributed by atoms with van der Waals surface area (Å²) in [6.45, 7) is 9.35. The molecule has 1 aromatic carbocycles. The van der Waals surface area contributed by atoms with Crippen LogP contribution in [0.4, 0.5) is 0 Å². The van der Waals surface area contributed by atoms with E-state index in [1.54, 1.807) is 7.11 Å². The highest BCUT2D eigenvalue weighted by Gasteiger charge is 2.47. The Bertz CT molecular complexity index is 825. The van der Waals surface area contributed by atoms with Crippen molar-refractivity contribution in [1.29, 1.82) is 0 Å². The molecule has 5 nitrogen and oxygen atoms in total. The molecule has 6 atom stereocenters. The van der Waals surface area contributed by atoms with E-state index in [1.165, 1.54) is 5.57 Å². The first-order valence-corrected chi connectivity index (χ1v) is 11.8. The van der Waals surface area contributed by atoms with Crippen LogP contribution in [0, 0.1) is 41.4 Å². The number of carboxylic acid groups (broad SMARTS) is 1. The fourth-order valence-corrected chi connectivity index (χ4v) is 5.95. The fraction of sp³-hybridized carbons (Fsp3) is 0.630. The van der Waals surface area contributed by atoms with Crippen LogP contribution >= 0.6 is 0 Å². The van der Waals surface area contributed by atoms with E-state index in [0.717, 1.165) is 17.7 Å². The number of Topliss-reactive ketones (excluding diaryl/α,β-unsaturated/α-hetero) is 1. The van der Waals surface area contributed by atoms with E-state index < -0.39 is 11.9 Å². The Morgan fingerprint density at radius 3 is 2.38 bits per heavy atom. The molecule has 0 bridgehead atoms. The lowest BCUT2D eigenvalue weighted by Gasteiger charge is -2.47. The number of benzene rings is 1. The molecular weight excluding hydrogens is 404 g/mol. The molecule has 1 saturated carbocycles. The Kier molecular flexibility index (Phi) is 8.16. The van der Waals surface area contributed by atoms with Gasteiger partial charge in [0, 0.05) is 19.4 Å². The molecule has 0 radical (unpaired) electrons. The summed E-state index contributed by atoms with van der Waals surface area (Å²) in [5.74, 6) is 0.762. The Labute approximate surface area is 192 Å². The number of methoxy groups -OCH3 is 1. The van der Waals surface area contributed by atoms with Crippen molar-refractivity contribution < 1.29 is 24.2 Å². The van der Waals surface area contributed by atoms with E-state index in [-0.39, 0.29) is 41.3 Å². The summed E-state index contributed by atoms with van der Waals surface area (Å²) in [6, 6.07) is 7.85. The maximum Gasteiger partial charge on any atom is 0.307 e. The van der Waals surface area contributed by atoms with Crippen molar-refractivity contribution in [3.05, 3.63) is 41.5 Å². The summed E-state index contributed by atoms with van der Waals surface area (Å²) in [4.78, 5) is 24.9. The Morgan fingerprint density at radius 2 is 1.78 bits per heavy atom. The number of allylic oxidation sites excluding steroid dienone is 2. The van der Waals surface area contributed by atoms with Crippen LogP contribution in [0.5, 0.6) is 5.75 Å². The van der Waals surface area contributed by atoms with E-state index in [0.29, 0.717) is 26.1 Å². The van der Waals surface area contributed by atoms with Crippen molar-refractivity contribution >= 4 is 11.8 Å². The van der Waals surface area contributed by atoms with Gasteiger partial charge in [0.15, 0.2) is 0 Å². The number of carbonyl (C=O) groups excluding carboxylic acids is 1. The normalized spacial score (nSPS) is 27.4. The molecule has 0 aliphatic heterocycles. The molecule has 0 saturated heterocycles. The number of carbonyl (C=O) groups is 2. The first-order valence-electron chi connectivity index (χ1n) is 11.8. The second-order valence-electron chi connectivity index (χ2n) is 10.2. The topological polar surface area (TPSA) is 72.8 Å². The molecule has 1 aromatic rings. The largest absolute Gasteiger partial charge is 0.497 e. The number of rotatable bonds is 9. The average molecular weight is 443 g/mol. The number of ether oxygens (including phenoxy) is 2. The molecule has 0 heterocycles. The van der Waals surface area contributed by atoms with Gasteiger partial charge in [0.1, 0.15) is 11.5 Å². The minimum Gasteiger partial charge on any atom is -0.497 e. The van der Waals surface area contributed by atoms with Crippen molar-refractivity contribution in [1.82, 2.24) is 0 Å². The van der Waals surface area contributed by atoms with Crippen LogP contribution in [0.1, 0.15) is 52.5 Å². The minimum absolute atomic E-state index is 0.0154. The van der Waals surface area contributed by atoms with Gasteiger partial charge in [-0.05, 0) is 66.5 Å². The number of hydrogen-bond acceptors (Lipinski definition) is 4. The van der Waals surface area contributed by atoms with Crippen molar-refractivity contribution in [3.63, 3.8) is 0 Å². The van der Waals surface area contributed by atoms with Crippen LogP contribution in [0.15, 0.2) is 35.9 Å². The van der Waals surface area contributed by atoms with E-state index in [9.17, 15) is 14.7 Å². The lowest BCUT2D eigenvalue weighted by Crippen LogP contribution is -2.46. The summed E-state index contributed by atoms with van der Waals surface area (Å²) < 4.78 is 11.2. The highest BCUT2D eigenvalue weighted by atomic mass is 16.5. The van der Waals surface area contributed by atoms with Crippen molar-refractivity contribution in [2.45, 2.75) is 53.6 Å². The van der Waals surface area contributed by atoms with Crippen LogP contribution in [0.3, 0.4) is 0 Å². The molecule has 1 fully saturated rings. The van der Waals surface area contributed by atoms with Gasteiger partial charge in [-0.2, -0.15) is 0 Å². The number of hydrogen-bond donors (Lipinski definition) is 1. The summed E-state index contributed by atoms with van der Waals surface area (Å²) in [6.07, 6.45) is 4.17. The van der Waals surface area contributed by atoms with Gasteiger partial charge in [0.25, 0.3) is 0 Å². The zero-order chi connectivity index (χ0) is 23.4. The van der Waals surface area contributed by atoms with Gasteiger partial charge in [-0.3, -0.25) is 9.59 Å². The van der Waals surface area contributed by atoms with Crippen LogP contribution in [0.25, 0.3) is 0 Å². The molecule has 1 N–H and O–H groups in total. The zero-order valence-electron chi connectivity index (χ0n) is 20.0. The van der Waals surface area contributed by atoms with E-state index in [4.69, 9.17) is 9.47 Å². The molecule has 32 heavy (non-hydrogen) atoms. The first-order chi connectivity index (χ1) is 15.2. The maximum absolute atomic E-state index is 12.8. The lowest BCUT2D eigenvalue weighted by molar-refractivity contribution is -0.149. The van der Waals surface area contributed by atoms with Crippen molar-refractivity contribution in [2.75, 3.05) is 13.7 Å². The standard InChI is InChI=1S/C27H38O5/c1-16(2)26(27(29)30)25-11-17(3)10-23-22(12-20(28)13-24(23)25)18(4)14-32-15-19-6-8-21(31-5)9-7-19/h6-10,16,18,22-26H,11-15H2,1-5H3,(H,29,30)/t18-,22+,23-,24+,25-,26-/m1/s1. The van der Waals surface area contributed by atoms with E-state index in [1.807, 2.05) is 38.1 Å². The zero-order valence-corrected chi connectivity index (χ0v) is 20.0. The second-order valence-corrected chi connectivity index (χ2v) is 10.2. The van der Waals surface area contributed by atoms with Crippen LogP contribution in [0.2, 0.25) is 0 Å². The molecule has 0 spiro atoms. The molecule has 0 amide bonds. The second kappa shape index (κ2) is 10.7. The molecular formula is C27H38O5. The highest BCUT2D eigenvalue weighted by Crippen LogP contribution is 2.50. The number of aliphatic carboxylic acids is 1. The van der Waals surface area contributed by atoms with Gasteiger partial charge < -0.3 is 14.6 Å². The molecule has 2 aliphatic carbocycles.